The molecule has 4 N–H and O–H groups in total. The fourth-order valence-electron chi connectivity index (χ4n) is 7.10. The Bertz CT molecular complexity index is 3600. The number of hydrogen-bond acceptors (Lipinski definition) is 19. The Morgan fingerprint density at radius 1 is 0.440 bits per heavy atom. The van der Waals surface area contributed by atoms with Gasteiger partial charge in [0.2, 0.25) is 0 Å². The Kier molecular flexibility index (Phi) is 18.3. The summed E-state index contributed by atoms with van der Waals surface area (Å²) in [5.74, 6) is -0.635. The highest BCUT2D eigenvalue weighted by atomic mass is 32.2. The Labute approximate surface area is 451 Å². The smallest absolute Gasteiger partial charge is 0.298 e. The molecule has 16 nitrogen and oxygen atoms in total. The first-order valence-electron chi connectivity index (χ1n) is 21.5. The van der Waals surface area contributed by atoms with Crippen LogP contribution in [-0.4, -0.2) is 54.3 Å². The summed E-state index contributed by atoms with van der Waals surface area (Å²) in [7, 11) is -9.65. The fourth-order valence-corrected chi connectivity index (χ4v) is 11.8. The third-order valence-electron chi connectivity index (χ3n) is 10.8. The number of hydrogen-bond donors (Lipinski definition) is 4. The van der Waals surface area contributed by atoms with Crippen molar-refractivity contribution in [2.75, 3.05) is 6.26 Å². The van der Waals surface area contributed by atoms with Crippen molar-refractivity contribution in [2.24, 2.45) is 0 Å². The minimum absolute atomic E-state index is 0.0344. The predicted octanol–water partition coefficient (Wildman–Crippen LogP) is 14.1. The molecule has 0 aromatic heterocycles. The fraction of sp³-hybridized carbons (Fsp3) is 0.0385. The van der Waals surface area contributed by atoms with E-state index >= 15 is 0 Å². The molecule has 0 fully saturated rings. The van der Waals surface area contributed by atoms with Crippen LogP contribution in [0.2, 0.25) is 0 Å². The number of aryl methyl sites for hydroxylation is 1. The van der Waals surface area contributed by atoms with E-state index in [-0.39, 0.29) is 49.3 Å². The number of carbonyl (C=O) groups is 2. The molecule has 0 bridgehead atoms. The topological polar surface area (TPSA) is 239 Å². The molecule has 0 heterocycles. The molecule has 0 unspecified atom stereocenters. The minimum Gasteiger partial charge on any atom is -0.456 e. The first kappa shape index (κ1) is 55.3. The number of rotatable bonds is 22. The van der Waals surface area contributed by atoms with Crippen LogP contribution in [0.1, 0.15) is 37.4 Å². The summed E-state index contributed by atoms with van der Waals surface area (Å²) in [5.41, 5.74) is 2.34. The van der Waals surface area contributed by atoms with Gasteiger partial charge in [0.1, 0.15) is 32.8 Å². The monoisotopic (exact) mass is 1140 g/mol. The summed E-state index contributed by atoms with van der Waals surface area (Å²) in [6.07, 6.45) is 2.01. The van der Waals surface area contributed by atoms with Gasteiger partial charge in [-0.2, -0.15) is 16.8 Å². The summed E-state index contributed by atoms with van der Waals surface area (Å²) in [5, 5.41) is 24.9. The molecule has 0 amide bonds. The molecular weight excluding hydrogens is 1110 g/mol. The second-order valence-electron chi connectivity index (χ2n) is 15.6. The average Bonchev–Trinajstić information content (AvgIpc) is 3.41. The summed E-state index contributed by atoms with van der Waals surface area (Å²) >= 11 is 5.55. The number of ketones is 2. The summed E-state index contributed by atoms with van der Waals surface area (Å²) in [6, 6.07) is 45.7. The van der Waals surface area contributed by atoms with Crippen molar-refractivity contribution in [3.05, 3.63) is 198 Å². The van der Waals surface area contributed by atoms with Gasteiger partial charge >= 0.3 is 0 Å². The molecule has 8 aromatic rings. The van der Waals surface area contributed by atoms with Gasteiger partial charge in [-0.3, -0.25) is 18.7 Å². The van der Waals surface area contributed by atoms with Gasteiger partial charge in [-0.1, -0.05) is 70.0 Å². The molecule has 0 radical (unpaired) electrons. The summed E-state index contributed by atoms with van der Waals surface area (Å²) in [6.45, 7) is 1.74. The van der Waals surface area contributed by atoms with Crippen molar-refractivity contribution in [1.82, 2.24) is 0 Å². The molecule has 23 heteroatoms. The van der Waals surface area contributed by atoms with Crippen molar-refractivity contribution in [3.8, 4) is 34.1 Å². The quantitative estimate of drug-likeness (QED) is 0.0123. The highest BCUT2D eigenvalue weighted by Crippen LogP contribution is 2.39. The van der Waals surface area contributed by atoms with Gasteiger partial charge in [0, 0.05) is 51.6 Å². The molecule has 75 heavy (non-hydrogen) atoms. The van der Waals surface area contributed by atoms with E-state index in [0.717, 1.165) is 49.7 Å². The number of ether oxygens (including phenoxy) is 2. The number of thioether (sulfide) groups is 1. The third kappa shape index (κ3) is 14.3. The maximum atomic E-state index is 13.8. The van der Waals surface area contributed by atoms with Crippen molar-refractivity contribution in [2.45, 2.75) is 51.0 Å². The van der Waals surface area contributed by atoms with Crippen LogP contribution in [-0.2, 0) is 39.0 Å². The molecule has 0 atom stereocenters. The van der Waals surface area contributed by atoms with Crippen LogP contribution >= 0.6 is 59.4 Å². The Balaban J connectivity index is 0.934. The van der Waals surface area contributed by atoms with E-state index in [1.54, 1.807) is 85.0 Å². The highest BCUT2D eigenvalue weighted by molar-refractivity contribution is 8.00. The van der Waals surface area contributed by atoms with Crippen molar-refractivity contribution in [1.29, 1.82) is 0 Å². The van der Waals surface area contributed by atoms with Crippen LogP contribution in [0.4, 0.5) is 0 Å². The zero-order valence-electron chi connectivity index (χ0n) is 38.7. The minimum atomic E-state index is -4.87. The first-order valence-corrected chi connectivity index (χ1v) is 28.7. The maximum Gasteiger partial charge on any atom is 0.298 e. The van der Waals surface area contributed by atoms with E-state index < -0.39 is 41.6 Å². The molecule has 8 aromatic carbocycles. The predicted molar refractivity (Wildman–Crippen MR) is 283 cm³/mol. The van der Waals surface area contributed by atoms with Crippen LogP contribution < -0.4 is 9.47 Å². The van der Waals surface area contributed by atoms with E-state index in [4.69, 9.17) is 24.3 Å². The molecule has 8 rings (SSSR count). The molecule has 0 spiro atoms. The molecule has 384 valence electrons. The highest BCUT2D eigenvalue weighted by Gasteiger charge is 2.24. The van der Waals surface area contributed by atoms with Crippen molar-refractivity contribution >= 4 is 91.2 Å². The van der Waals surface area contributed by atoms with Gasteiger partial charge in [0.25, 0.3) is 20.2 Å². The lowest BCUT2D eigenvalue weighted by Crippen LogP contribution is -2.07. The van der Waals surface area contributed by atoms with Crippen LogP contribution in [0.5, 0.6) is 23.0 Å². The zero-order valence-corrected chi connectivity index (χ0v) is 44.4. The standard InChI is InChI=1S/C52H38O16S7/c1-31-3-4-34(27-47(31)72-67-65-55)51(53)36-10-25-45(49(29-36)74(57,58)59)64-39-14-7-33(8-15-39)32-5-12-38(13-6-32)63-44-24-9-35(28-48(44)73-68-66-56)52(54)37-11-26-46(50(30-37)75(60,61)62)71-43-22-20-42(21-23-43)70-41-18-16-40(69-2)17-19-41/h3-30,55-56H,1-2H3,(H,57,58,59)(H,60,61,62). The first-order chi connectivity index (χ1) is 36.0. The molecular formula is C52H38O16S7. The largest absolute Gasteiger partial charge is 0.456 e. The Morgan fingerprint density at radius 3 is 1.36 bits per heavy atom. The van der Waals surface area contributed by atoms with Crippen LogP contribution in [0.3, 0.4) is 0 Å². The van der Waals surface area contributed by atoms with Gasteiger partial charge in [0.15, 0.2) is 11.6 Å². The second-order valence-corrected chi connectivity index (χ2v) is 23.0. The van der Waals surface area contributed by atoms with Crippen LogP contribution in [0.15, 0.2) is 214 Å². The van der Waals surface area contributed by atoms with E-state index in [9.17, 15) is 35.5 Å². The van der Waals surface area contributed by atoms with Gasteiger partial charge < -0.3 is 9.47 Å². The maximum absolute atomic E-state index is 13.8. The molecule has 0 aliphatic heterocycles. The molecule has 0 aliphatic carbocycles. The molecule has 0 aliphatic rings. The van der Waals surface area contributed by atoms with Gasteiger partial charge in [0.05, 0.1) is 29.0 Å². The molecule has 0 saturated carbocycles. The number of benzene rings is 8. The van der Waals surface area contributed by atoms with Crippen molar-refractivity contribution < 1.29 is 74.3 Å². The van der Waals surface area contributed by atoms with Gasteiger partial charge in [-0.05, 0) is 163 Å². The Hall–Kier alpha value is -5.97. The SMILES string of the molecule is CSc1ccc(Sc2ccc(Sc3ccc(C(=O)c4ccc(Oc5ccc(-c6ccc(Oc7ccc(C(=O)c8ccc(C)c(SOOO)c8)cc7S(=O)(=O)O)cc6)cc5)c(SOOO)c4)cc3S(=O)(=O)O)cc2)cc1. The lowest BCUT2D eigenvalue weighted by molar-refractivity contribution is -0.432. The van der Waals surface area contributed by atoms with E-state index in [0.29, 0.717) is 45.2 Å². The van der Waals surface area contributed by atoms with E-state index in [1.165, 1.54) is 54.6 Å². The lowest BCUT2D eigenvalue weighted by atomic mass is 10.0. The normalized spacial score (nSPS) is 11.6. The summed E-state index contributed by atoms with van der Waals surface area (Å²) in [4.78, 5) is 30.9. The Morgan fingerprint density at radius 2 is 0.853 bits per heavy atom. The van der Waals surface area contributed by atoms with Crippen molar-refractivity contribution in [3.63, 3.8) is 0 Å². The number of carbonyl (C=O) groups excluding carboxylic acids is 2. The zero-order chi connectivity index (χ0) is 53.3. The average molecular weight is 1140 g/mol. The second kappa shape index (κ2) is 24.8. The van der Waals surface area contributed by atoms with Crippen LogP contribution in [0.25, 0.3) is 11.1 Å². The van der Waals surface area contributed by atoms with E-state index in [2.05, 4.69) is 14.4 Å². The van der Waals surface area contributed by atoms with E-state index in [1.807, 2.05) is 54.8 Å². The van der Waals surface area contributed by atoms with Crippen LogP contribution in [0, 0.1) is 6.92 Å². The summed E-state index contributed by atoms with van der Waals surface area (Å²) < 4.78 is 91.8. The molecule has 0 saturated heterocycles. The third-order valence-corrected chi connectivity index (χ3v) is 16.9. The van der Waals surface area contributed by atoms with Gasteiger partial charge in [-0.25, -0.2) is 10.5 Å². The lowest BCUT2D eigenvalue weighted by Gasteiger charge is -2.13. The van der Waals surface area contributed by atoms with Gasteiger partial charge in [-0.15, -0.1) is 20.4 Å².